The van der Waals surface area contributed by atoms with E-state index in [2.05, 4.69) is 29.2 Å². The summed E-state index contributed by atoms with van der Waals surface area (Å²) in [6, 6.07) is 5.08. The lowest BCUT2D eigenvalue weighted by atomic mass is 9.80. The normalized spacial score (nSPS) is 26.1. The Labute approximate surface area is 246 Å². The fourth-order valence-electron chi connectivity index (χ4n) is 7.41. The summed E-state index contributed by atoms with van der Waals surface area (Å²) in [6.45, 7) is 6.58. The molecule has 9 nitrogen and oxygen atoms in total. The highest BCUT2D eigenvalue weighted by Gasteiger charge is 2.53. The van der Waals surface area contributed by atoms with Crippen molar-refractivity contribution < 1.29 is 19.1 Å². The van der Waals surface area contributed by atoms with Crippen LogP contribution in [0.1, 0.15) is 67.3 Å². The molecule has 0 spiro atoms. The van der Waals surface area contributed by atoms with Gasteiger partial charge in [-0.3, -0.25) is 14.4 Å². The Morgan fingerprint density at radius 2 is 1.93 bits per heavy atom. The van der Waals surface area contributed by atoms with Crippen LogP contribution in [-0.2, 0) is 14.3 Å². The van der Waals surface area contributed by atoms with Crippen molar-refractivity contribution in [2.75, 3.05) is 51.3 Å². The average Bonchev–Trinajstić information content (AvgIpc) is 3.77. The van der Waals surface area contributed by atoms with Crippen molar-refractivity contribution in [3.63, 3.8) is 0 Å². The van der Waals surface area contributed by atoms with Crippen molar-refractivity contribution in [3.05, 3.63) is 34.7 Å². The van der Waals surface area contributed by atoms with Crippen LogP contribution >= 0.6 is 11.3 Å². The van der Waals surface area contributed by atoms with Gasteiger partial charge in [-0.1, -0.05) is 32.3 Å². The molecule has 0 bridgehead atoms. The molecule has 10 heteroatoms. The SMILES string of the molecule is CCC[C@H]1CN(C(=O)[C@H](c2cc(-c3csc(N4CCN(C)CC4)n3)ccc2C(N)=O)C2CCCC2)[C@@H]2C(=O)CO[C@H]12. The van der Waals surface area contributed by atoms with E-state index >= 15 is 0 Å². The maximum absolute atomic E-state index is 14.6. The van der Waals surface area contributed by atoms with Gasteiger partial charge in [0, 0.05) is 55.1 Å². The van der Waals surface area contributed by atoms with Gasteiger partial charge in [-0.15, -0.1) is 11.3 Å². The van der Waals surface area contributed by atoms with Gasteiger partial charge in [0.1, 0.15) is 12.6 Å². The molecular formula is C31H41N5O4S. The van der Waals surface area contributed by atoms with E-state index in [1.807, 2.05) is 12.1 Å². The Kier molecular flexibility index (Phi) is 8.16. The molecule has 6 rings (SSSR count). The number of nitrogens with two attached hydrogens (primary N) is 1. The third kappa shape index (κ3) is 5.42. The van der Waals surface area contributed by atoms with Crippen LogP contribution in [0.2, 0.25) is 0 Å². The summed E-state index contributed by atoms with van der Waals surface area (Å²) in [6.07, 6.45) is 5.56. The van der Waals surface area contributed by atoms with Crippen molar-refractivity contribution in [2.24, 2.45) is 17.6 Å². The molecule has 3 aliphatic heterocycles. The molecule has 0 radical (unpaired) electrons. The van der Waals surface area contributed by atoms with Crippen LogP contribution in [0, 0.1) is 11.8 Å². The molecule has 2 N–H and O–H groups in total. The van der Waals surface area contributed by atoms with Gasteiger partial charge >= 0.3 is 0 Å². The number of piperazine rings is 1. The van der Waals surface area contributed by atoms with Crippen molar-refractivity contribution in [1.82, 2.24) is 14.8 Å². The third-order valence-corrected chi connectivity index (χ3v) is 10.5. The van der Waals surface area contributed by atoms with Gasteiger partial charge in [0.2, 0.25) is 11.8 Å². The van der Waals surface area contributed by atoms with Gasteiger partial charge in [-0.2, -0.15) is 0 Å². The first-order valence-electron chi connectivity index (χ1n) is 15.1. The number of hydrogen-bond acceptors (Lipinski definition) is 8. The van der Waals surface area contributed by atoms with Gasteiger partial charge in [0.05, 0.1) is 17.7 Å². The van der Waals surface area contributed by atoms with Crippen LogP contribution in [0.15, 0.2) is 23.6 Å². The van der Waals surface area contributed by atoms with Crippen LogP contribution in [0.5, 0.6) is 0 Å². The summed E-state index contributed by atoms with van der Waals surface area (Å²) in [4.78, 5) is 51.7. The van der Waals surface area contributed by atoms with Gasteiger partial charge in [-0.25, -0.2) is 4.98 Å². The number of anilines is 1. The number of likely N-dealkylation sites (tertiary alicyclic amines) is 1. The van der Waals surface area contributed by atoms with Gasteiger partial charge in [0.25, 0.3) is 0 Å². The summed E-state index contributed by atoms with van der Waals surface area (Å²) >= 11 is 1.62. The number of thiazole rings is 1. The second-order valence-electron chi connectivity index (χ2n) is 12.2. The minimum atomic E-state index is -0.540. The zero-order valence-electron chi connectivity index (χ0n) is 24.1. The number of ether oxygens (including phenoxy) is 1. The predicted molar refractivity (Wildman–Crippen MR) is 159 cm³/mol. The second-order valence-corrected chi connectivity index (χ2v) is 13.1. The first-order valence-corrected chi connectivity index (χ1v) is 16.0. The highest BCUT2D eigenvalue weighted by molar-refractivity contribution is 7.14. The molecule has 4 atom stereocenters. The number of nitrogens with zero attached hydrogens (tertiary/aromatic N) is 4. The van der Waals surface area contributed by atoms with Crippen molar-refractivity contribution >= 4 is 34.1 Å². The maximum Gasteiger partial charge on any atom is 0.249 e. The monoisotopic (exact) mass is 579 g/mol. The number of hydrogen-bond donors (Lipinski definition) is 1. The fraction of sp³-hybridized carbons (Fsp3) is 0.613. The molecule has 41 heavy (non-hydrogen) atoms. The van der Waals surface area contributed by atoms with E-state index in [0.29, 0.717) is 17.7 Å². The summed E-state index contributed by atoms with van der Waals surface area (Å²) in [5, 5.41) is 3.04. The fourth-order valence-corrected chi connectivity index (χ4v) is 8.30. The molecule has 220 valence electrons. The first kappa shape index (κ1) is 28.3. The van der Waals surface area contributed by atoms with E-state index in [4.69, 9.17) is 15.5 Å². The minimum Gasteiger partial charge on any atom is -0.367 e. The predicted octanol–water partition coefficient (Wildman–Crippen LogP) is 3.53. The molecule has 1 aromatic carbocycles. The van der Waals surface area contributed by atoms with E-state index in [0.717, 1.165) is 81.1 Å². The summed E-state index contributed by atoms with van der Waals surface area (Å²) in [5.74, 6) is -0.925. The van der Waals surface area contributed by atoms with Gasteiger partial charge in [0.15, 0.2) is 10.9 Å². The minimum absolute atomic E-state index is 0.0186. The number of carbonyl (C=O) groups excluding carboxylic acids is 3. The number of carbonyl (C=O) groups is 3. The number of rotatable bonds is 8. The summed E-state index contributed by atoms with van der Waals surface area (Å²) < 4.78 is 5.91. The molecule has 2 aromatic rings. The van der Waals surface area contributed by atoms with Crippen molar-refractivity contribution in [3.8, 4) is 11.3 Å². The molecule has 1 saturated carbocycles. The standard InChI is InChI=1S/C31H41N5O4S/c1-3-6-21-16-36(27-25(37)17-40-28(21)27)30(39)26(19-7-4-5-8-19)23-15-20(9-10-22(23)29(32)38)24-18-41-31(33-24)35-13-11-34(2)12-14-35/h9-10,15,18-19,21,26-28H,3-8,11-14,16-17H2,1-2H3,(H2,32,38)/t21-,26-,27+,28+/m0/s1. The highest BCUT2D eigenvalue weighted by Crippen LogP contribution is 2.44. The van der Waals surface area contributed by atoms with E-state index < -0.39 is 17.9 Å². The molecular weight excluding hydrogens is 538 g/mol. The van der Waals surface area contributed by atoms with Crippen LogP contribution in [0.3, 0.4) is 0 Å². The molecule has 4 aliphatic rings. The summed E-state index contributed by atoms with van der Waals surface area (Å²) in [7, 11) is 2.14. The van der Waals surface area contributed by atoms with Crippen LogP contribution in [0.25, 0.3) is 11.3 Å². The van der Waals surface area contributed by atoms with Crippen molar-refractivity contribution in [1.29, 1.82) is 0 Å². The van der Waals surface area contributed by atoms with E-state index in [1.54, 1.807) is 22.3 Å². The Morgan fingerprint density at radius 1 is 1.17 bits per heavy atom. The van der Waals surface area contributed by atoms with E-state index in [1.165, 1.54) is 0 Å². The first-order chi connectivity index (χ1) is 19.9. The molecule has 4 heterocycles. The van der Waals surface area contributed by atoms with E-state index in [-0.39, 0.29) is 36.2 Å². The number of benzene rings is 1. The maximum atomic E-state index is 14.6. The molecule has 1 aliphatic carbocycles. The molecule has 4 fully saturated rings. The number of likely N-dealkylation sites (N-methyl/N-ethyl adjacent to an activating group) is 1. The zero-order chi connectivity index (χ0) is 28.7. The quantitative estimate of drug-likeness (QED) is 0.510. The Hall–Kier alpha value is -2.82. The van der Waals surface area contributed by atoms with Crippen LogP contribution in [-0.4, -0.2) is 90.9 Å². The smallest absolute Gasteiger partial charge is 0.249 e. The lowest BCUT2D eigenvalue weighted by Crippen LogP contribution is -2.45. The zero-order valence-corrected chi connectivity index (χ0v) is 24.9. The largest absolute Gasteiger partial charge is 0.367 e. The number of amides is 2. The molecule has 0 unspecified atom stereocenters. The molecule has 3 saturated heterocycles. The number of primary amides is 1. The molecule has 2 amide bonds. The van der Waals surface area contributed by atoms with Gasteiger partial charge < -0.3 is 25.2 Å². The average molecular weight is 580 g/mol. The topological polar surface area (TPSA) is 109 Å². The lowest BCUT2D eigenvalue weighted by Gasteiger charge is -2.32. The number of Topliss-reactive ketones (excluding diaryl/α,β-unsaturated/α-hetero) is 1. The Balaban J connectivity index is 1.36. The summed E-state index contributed by atoms with van der Waals surface area (Å²) in [5.41, 5.74) is 8.67. The number of aromatic nitrogens is 1. The Morgan fingerprint density at radius 3 is 2.63 bits per heavy atom. The highest BCUT2D eigenvalue weighted by atomic mass is 32.1. The number of fused-ring (bicyclic) bond motifs is 1. The lowest BCUT2D eigenvalue weighted by molar-refractivity contribution is -0.138. The van der Waals surface area contributed by atoms with Crippen LogP contribution in [0.4, 0.5) is 5.13 Å². The van der Waals surface area contributed by atoms with Crippen LogP contribution < -0.4 is 10.6 Å². The number of ketones is 1. The molecule has 1 aromatic heterocycles. The van der Waals surface area contributed by atoms with E-state index in [9.17, 15) is 14.4 Å². The van der Waals surface area contributed by atoms with Gasteiger partial charge in [-0.05, 0) is 49.9 Å². The third-order valence-electron chi connectivity index (χ3n) is 9.58. The van der Waals surface area contributed by atoms with Crippen molar-refractivity contribution in [2.45, 2.75) is 63.5 Å². The Bertz CT molecular complexity index is 1300. The second kappa shape index (κ2) is 11.8.